The molecule has 5 heteroatoms. The number of aromatic nitrogens is 2. The summed E-state index contributed by atoms with van der Waals surface area (Å²) >= 11 is 5.99. The van der Waals surface area contributed by atoms with E-state index in [0.29, 0.717) is 5.02 Å². The minimum Gasteiger partial charge on any atom is -0.459 e. The average molecular weight is 276 g/mol. The van der Waals surface area contributed by atoms with Crippen LogP contribution in [0.1, 0.15) is 17.5 Å². The fourth-order valence-electron chi connectivity index (χ4n) is 2.28. The van der Waals surface area contributed by atoms with Crippen molar-refractivity contribution in [2.45, 2.75) is 6.04 Å². The van der Waals surface area contributed by atoms with Gasteiger partial charge in [0.15, 0.2) is 0 Å². The quantitative estimate of drug-likeness (QED) is 0.799. The van der Waals surface area contributed by atoms with Crippen molar-refractivity contribution >= 4 is 22.6 Å². The number of aryl methyl sites for hydroxylation is 1. The first-order valence-corrected chi connectivity index (χ1v) is 6.41. The highest BCUT2D eigenvalue weighted by Gasteiger charge is 2.19. The molecule has 0 saturated carbocycles. The normalized spacial score (nSPS) is 13.0. The van der Waals surface area contributed by atoms with Crippen LogP contribution in [0.25, 0.3) is 11.0 Å². The molecule has 0 radical (unpaired) electrons. The van der Waals surface area contributed by atoms with Crippen LogP contribution in [-0.4, -0.2) is 16.8 Å². The van der Waals surface area contributed by atoms with E-state index < -0.39 is 0 Å². The Morgan fingerprint density at radius 3 is 2.84 bits per heavy atom. The summed E-state index contributed by atoms with van der Waals surface area (Å²) in [6, 6.07) is 9.57. The zero-order valence-corrected chi connectivity index (χ0v) is 11.5. The van der Waals surface area contributed by atoms with Gasteiger partial charge in [-0.05, 0) is 37.4 Å². The molecular weight excluding hydrogens is 262 g/mol. The third-order valence-electron chi connectivity index (χ3n) is 3.23. The fraction of sp³-hybridized carbons (Fsp3) is 0.214. The summed E-state index contributed by atoms with van der Waals surface area (Å²) in [4.78, 5) is 0. The van der Waals surface area contributed by atoms with Crippen LogP contribution in [0.3, 0.4) is 0 Å². The number of fused-ring (bicyclic) bond motifs is 1. The first-order valence-electron chi connectivity index (χ1n) is 6.03. The van der Waals surface area contributed by atoms with Gasteiger partial charge in [0.2, 0.25) is 0 Å². The van der Waals surface area contributed by atoms with Crippen LogP contribution in [0.4, 0.5) is 0 Å². The summed E-state index contributed by atoms with van der Waals surface area (Å²) in [6.45, 7) is 0. The van der Waals surface area contributed by atoms with E-state index in [-0.39, 0.29) is 6.04 Å². The van der Waals surface area contributed by atoms with E-state index in [4.69, 9.17) is 16.0 Å². The molecule has 0 aliphatic heterocycles. The molecule has 3 rings (SSSR count). The Balaban J connectivity index is 2.09. The molecule has 98 valence electrons. The second-order valence-electron chi connectivity index (χ2n) is 4.43. The lowest BCUT2D eigenvalue weighted by atomic mass is 10.1. The number of benzene rings is 1. The molecule has 0 saturated heterocycles. The predicted octanol–water partition coefficient (Wildman–Crippen LogP) is 3.13. The van der Waals surface area contributed by atoms with Crippen molar-refractivity contribution in [1.82, 2.24) is 15.1 Å². The summed E-state index contributed by atoms with van der Waals surface area (Å²) in [5.41, 5.74) is 1.88. The molecule has 0 amide bonds. The average Bonchev–Trinajstić information content (AvgIpc) is 2.97. The molecule has 0 fully saturated rings. The lowest BCUT2D eigenvalue weighted by Crippen LogP contribution is -2.20. The molecule has 0 bridgehead atoms. The van der Waals surface area contributed by atoms with Crippen LogP contribution < -0.4 is 5.32 Å². The van der Waals surface area contributed by atoms with Crippen LogP contribution >= 0.6 is 11.6 Å². The van der Waals surface area contributed by atoms with Crippen LogP contribution in [-0.2, 0) is 7.05 Å². The third-order valence-corrected chi connectivity index (χ3v) is 3.46. The van der Waals surface area contributed by atoms with Crippen molar-refractivity contribution in [3.05, 3.63) is 53.0 Å². The Kier molecular flexibility index (Phi) is 3.05. The van der Waals surface area contributed by atoms with E-state index in [2.05, 4.69) is 10.4 Å². The summed E-state index contributed by atoms with van der Waals surface area (Å²) in [5.74, 6) is 0.850. The molecule has 0 aliphatic carbocycles. The summed E-state index contributed by atoms with van der Waals surface area (Å²) in [6.07, 6.45) is 1.78. The van der Waals surface area contributed by atoms with Crippen molar-refractivity contribution in [1.29, 1.82) is 0 Å². The molecule has 1 unspecified atom stereocenters. The number of rotatable bonds is 3. The Labute approximate surface area is 116 Å². The van der Waals surface area contributed by atoms with Gasteiger partial charge in [0.05, 0.1) is 5.69 Å². The highest BCUT2D eigenvalue weighted by Crippen LogP contribution is 2.29. The molecule has 1 atom stereocenters. The Hall–Kier alpha value is -1.78. The standard InChI is InChI=1S/C14H14ClN3O/c1-16-14(11-5-6-17-18(11)2)13-8-9-7-10(15)3-4-12(9)19-13/h3-8,14,16H,1-2H3. The van der Waals surface area contributed by atoms with Gasteiger partial charge < -0.3 is 9.73 Å². The first-order chi connectivity index (χ1) is 9.19. The van der Waals surface area contributed by atoms with Gasteiger partial charge in [-0.2, -0.15) is 5.10 Å². The summed E-state index contributed by atoms with van der Waals surface area (Å²) < 4.78 is 7.73. The van der Waals surface area contributed by atoms with Gasteiger partial charge in [-0.1, -0.05) is 11.6 Å². The number of hydrogen-bond donors (Lipinski definition) is 1. The molecule has 19 heavy (non-hydrogen) atoms. The van der Waals surface area contributed by atoms with E-state index in [1.807, 2.05) is 49.1 Å². The molecule has 3 aromatic rings. The third kappa shape index (κ3) is 2.13. The Morgan fingerprint density at radius 2 is 2.16 bits per heavy atom. The number of furan rings is 1. The minimum atomic E-state index is -0.0290. The molecule has 2 aromatic heterocycles. The van der Waals surface area contributed by atoms with Crippen LogP contribution in [0.2, 0.25) is 5.02 Å². The fourth-order valence-corrected chi connectivity index (χ4v) is 2.46. The molecule has 2 heterocycles. The number of hydrogen-bond acceptors (Lipinski definition) is 3. The largest absolute Gasteiger partial charge is 0.459 e. The topological polar surface area (TPSA) is 43.0 Å². The van der Waals surface area contributed by atoms with Crippen molar-refractivity contribution in [3.63, 3.8) is 0 Å². The van der Waals surface area contributed by atoms with Gasteiger partial charge in [-0.25, -0.2) is 0 Å². The highest BCUT2D eigenvalue weighted by molar-refractivity contribution is 6.31. The van der Waals surface area contributed by atoms with Gasteiger partial charge in [0.1, 0.15) is 17.4 Å². The summed E-state index contributed by atoms with van der Waals surface area (Å²) in [7, 11) is 3.82. The minimum absolute atomic E-state index is 0.0290. The van der Waals surface area contributed by atoms with Crippen molar-refractivity contribution in [2.75, 3.05) is 7.05 Å². The van der Waals surface area contributed by atoms with Crippen LogP contribution in [0, 0.1) is 0 Å². The molecule has 1 N–H and O–H groups in total. The highest BCUT2D eigenvalue weighted by atomic mass is 35.5. The van der Waals surface area contributed by atoms with Gasteiger partial charge in [0, 0.05) is 23.7 Å². The number of nitrogens with zero attached hydrogens (tertiary/aromatic N) is 2. The molecule has 0 spiro atoms. The van der Waals surface area contributed by atoms with Crippen molar-refractivity contribution < 1.29 is 4.42 Å². The Bertz CT molecular complexity index is 716. The maximum absolute atomic E-state index is 5.99. The lowest BCUT2D eigenvalue weighted by molar-refractivity contribution is 0.473. The molecular formula is C14H14ClN3O. The maximum atomic E-state index is 5.99. The SMILES string of the molecule is CNC(c1cc2cc(Cl)ccc2o1)c1ccnn1C. The van der Waals surface area contributed by atoms with E-state index >= 15 is 0 Å². The lowest BCUT2D eigenvalue weighted by Gasteiger charge is -2.13. The van der Waals surface area contributed by atoms with Crippen molar-refractivity contribution in [3.8, 4) is 0 Å². The van der Waals surface area contributed by atoms with E-state index in [0.717, 1.165) is 22.4 Å². The number of halogens is 1. The molecule has 0 aliphatic rings. The summed E-state index contributed by atoms with van der Waals surface area (Å²) in [5, 5.41) is 9.16. The van der Waals surface area contributed by atoms with E-state index in [1.54, 1.807) is 6.20 Å². The second kappa shape index (κ2) is 4.72. The maximum Gasteiger partial charge on any atom is 0.134 e. The second-order valence-corrected chi connectivity index (χ2v) is 4.87. The zero-order valence-electron chi connectivity index (χ0n) is 10.7. The van der Waals surface area contributed by atoms with Crippen LogP contribution in [0.15, 0.2) is 40.9 Å². The van der Waals surface area contributed by atoms with Gasteiger partial charge in [-0.3, -0.25) is 4.68 Å². The molecule has 1 aromatic carbocycles. The first kappa shape index (κ1) is 12.3. The predicted molar refractivity (Wildman–Crippen MR) is 75.3 cm³/mol. The number of nitrogens with one attached hydrogen (secondary N) is 1. The smallest absolute Gasteiger partial charge is 0.134 e. The Morgan fingerprint density at radius 1 is 1.32 bits per heavy atom. The molecule has 4 nitrogen and oxygen atoms in total. The van der Waals surface area contributed by atoms with Gasteiger partial charge >= 0.3 is 0 Å². The van der Waals surface area contributed by atoms with Gasteiger partial charge in [0.25, 0.3) is 0 Å². The van der Waals surface area contributed by atoms with Crippen molar-refractivity contribution in [2.24, 2.45) is 7.05 Å². The van der Waals surface area contributed by atoms with Gasteiger partial charge in [-0.15, -0.1) is 0 Å². The zero-order chi connectivity index (χ0) is 13.4. The van der Waals surface area contributed by atoms with E-state index in [1.165, 1.54) is 0 Å². The van der Waals surface area contributed by atoms with Crippen LogP contribution in [0.5, 0.6) is 0 Å². The monoisotopic (exact) mass is 275 g/mol. The van der Waals surface area contributed by atoms with E-state index in [9.17, 15) is 0 Å².